The minimum atomic E-state index is -4.95. The first-order valence-corrected chi connectivity index (χ1v) is 41.0. The monoisotopic (exact) mass is 1350 g/mol. The SMILES string of the molecule is CCCCCCCCCCCCCCCCCC(=O)OC[C@H](COP(=O)(O)OC[C@@H](O)COP(=O)(O)OC[C@@H](COC(=O)CCCCCCC)OC(=O)CCCCCCCCCCCCCC(C)C)OC(=O)CCCCCCCCCCCCCCCCC(C)CC. The fraction of sp³-hybridized carbons (Fsp3) is 0.945. The van der Waals surface area contributed by atoms with E-state index in [1.54, 1.807) is 0 Å². The van der Waals surface area contributed by atoms with E-state index in [2.05, 4.69) is 41.5 Å². The van der Waals surface area contributed by atoms with Gasteiger partial charge in [-0.3, -0.25) is 37.3 Å². The van der Waals surface area contributed by atoms with Gasteiger partial charge >= 0.3 is 39.5 Å². The summed E-state index contributed by atoms with van der Waals surface area (Å²) >= 11 is 0. The van der Waals surface area contributed by atoms with Gasteiger partial charge in [-0.1, -0.05) is 324 Å². The van der Waals surface area contributed by atoms with Crippen LogP contribution in [-0.2, 0) is 65.4 Å². The topological polar surface area (TPSA) is 237 Å². The third-order valence-electron chi connectivity index (χ3n) is 17.3. The van der Waals surface area contributed by atoms with Gasteiger partial charge in [0.25, 0.3) is 0 Å². The molecule has 0 heterocycles. The quantitative estimate of drug-likeness (QED) is 0.0222. The normalized spacial score (nSPS) is 14.4. The lowest BCUT2D eigenvalue weighted by Crippen LogP contribution is -2.30. The zero-order chi connectivity index (χ0) is 67.9. The van der Waals surface area contributed by atoms with E-state index >= 15 is 0 Å². The molecule has 6 atom stereocenters. The molecule has 0 aliphatic heterocycles. The second-order valence-electron chi connectivity index (χ2n) is 27.1. The van der Waals surface area contributed by atoms with Crippen molar-refractivity contribution in [2.24, 2.45) is 11.8 Å². The lowest BCUT2D eigenvalue weighted by molar-refractivity contribution is -0.161. The summed E-state index contributed by atoms with van der Waals surface area (Å²) in [7, 11) is -9.90. The van der Waals surface area contributed by atoms with Gasteiger partial charge in [0.15, 0.2) is 12.2 Å². The molecule has 0 saturated heterocycles. The number of hydrogen-bond acceptors (Lipinski definition) is 15. The maximum absolute atomic E-state index is 13.0. The van der Waals surface area contributed by atoms with Crippen LogP contribution in [0.4, 0.5) is 0 Å². The maximum atomic E-state index is 13.0. The van der Waals surface area contributed by atoms with Crippen molar-refractivity contribution in [3.05, 3.63) is 0 Å². The summed E-state index contributed by atoms with van der Waals surface area (Å²) in [5.74, 6) is -0.518. The molecular formula is C73H142O17P2. The summed E-state index contributed by atoms with van der Waals surface area (Å²) in [5.41, 5.74) is 0. The summed E-state index contributed by atoms with van der Waals surface area (Å²) in [6, 6.07) is 0. The van der Waals surface area contributed by atoms with Crippen LogP contribution in [0.5, 0.6) is 0 Å². The van der Waals surface area contributed by atoms with E-state index in [0.29, 0.717) is 25.7 Å². The number of rotatable bonds is 72. The average Bonchev–Trinajstić information content (AvgIpc) is 1.56. The molecule has 0 aromatic rings. The number of hydrogen-bond donors (Lipinski definition) is 3. The molecular weight excluding hydrogens is 1210 g/mol. The second-order valence-corrected chi connectivity index (χ2v) is 30.0. The summed E-state index contributed by atoms with van der Waals surface area (Å²) in [4.78, 5) is 72.4. The summed E-state index contributed by atoms with van der Waals surface area (Å²) in [5, 5.41) is 10.6. The van der Waals surface area contributed by atoms with E-state index in [1.165, 1.54) is 186 Å². The number of phosphoric acid groups is 2. The molecule has 0 bridgehead atoms. The second kappa shape index (κ2) is 65.0. The first-order valence-electron chi connectivity index (χ1n) is 38.0. The van der Waals surface area contributed by atoms with Gasteiger partial charge in [0.2, 0.25) is 0 Å². The Bertz CT molecular complexity index is 1790. The van der Waals surface area contributed by atoms with Crippen LogP contribution >= 0.6 is 15.6 Å². The van der Waals surface area contributed by atoms with Gasteiger partial charge in [0.1, 0.15) is 19.3 Å². The number of unbranched alkanes of at least 4 members (excludes halogenated alkanes) is 41. The van der Waals surface area contributed by atoms with E-state index in [4.69, 9.17) is 37.0 Å². The zero-order valence-electron chi connectivity index (χ0n) is 59.9. The molecule has 17 nitrogen and oxygen atoms in total. The first-order chi connectivity index (χ1) is 44.4. The maximum Gasteiger partial charge on any atom is 0.472 e. The number of carbonyl (C=O) groups is 4. The number of ether oxygens (including phenoxy) is 4. The van der Waals surface area contributed by atoms with Gasteiger partial charge in [-0.05, 0) is 37.5 Å². The van der Waals surface area contributed by atoms with Crippen molar-refractivity contribution in [1.82, 2.24) is 0 Å². The standard InChI is InChI=1S/C73H142O17P2/c1-7-10-12-14-15-16-17-18-19-23-28-33-38-44-50-56-71(76)84-62-69(90-73(78)57-51-45-39-34-29-24-21-20-22-27-32-37-43-48-54-66(6)9-3)64-88-92(81,82)86-60-67(74)59-85-91(79,80)87-63-68(61-83-70(75)55-49-41-13-11-8-2)89-72(77)58-52-46-40-35-30-25-26-31-36-42-47-53-65(4)5/h65-69,74H,7-64H2,1-6H3,(H,79,80)(H,81,82)/t66?,67-,68+,69+/m0/s1. The number of esters is 4. The predicted octanol–water partition coefficient (Wildman–Crippen LogP) is 21.2. The Morgan fingerprint density at radius 2 is 0.554 bits per heavy atom. The third kappa shape index (κ3) is 65.4. The molecule has 0 rings (SSSR count). The van der Waals surface area contributed by atoms with E-state index in [-0.39, 0.29) is 25.7 Å². The van der Waals surface area contributed by atoms with Crippen LogP contribution in [0.15, 0.2) is 0 Å². The fourth-order valence-corrected chi connectivity index (χ4v) is 12.7. The Morgan fingerprint density at radius 3 is 0.826 bits per heavy atom. The smallest absolute Gasteiger partial charge is 0.462 e. The molecule has 0 aliphatic rings. The highest BCUT2D eigenvalue weighted by molar-refractivity contribution is 7.47. The van der Waals surface area contributed by atoms with Gasteiger partial charge in [0, 0.05) is 25.7 Å². The molecule has 0 aromatic heterocycles. The Hall–Kier alpha value is -1.94. The van der Waals surface area contributed by atoms with Crippen molar-refractivity contribution in [3.63, 3.8) is 0 Å². The van der Waals surface area contributed by atoms with Gasteiger partial charge in [-0.2, -0.15) is 0 Å². The van der Waals surface area contributed by atoms with Crippen molar-refractivity contribution in [2.75, 3.05) is 39.6 Å². The molecule has 92 heavy (non-hydrogen) atoms. The van der Waals surface area contributed by atoms with Crippen LogP contribution in [0.1, 0.15) is 375 Å². The molecule has 0 spiro atoms. The Labute approximate surface area is 562 Å². The summed E-state index contributed by atoms with van der Waals surface area (Å²) in [6.07, 6.45) is 51.6. The van der Waals surface area contributed by atoms with Crippen LogP contribution < -0.4 is 0 Å². The van der Waals surface area contributed by atoms with Gasteiger partial charge < -0.3 is 33.8 Å². The largest absolute Gasteiger partial charge is 0.472 e. The molecule has 0 aliphatic carbocycles. The summed E-state index contributed by atoms with van der Waals surface area (Å²) < 4.78 is 68.2. The predicted molar refractivity (Wildman–Crippen MR) is 372 cm³/mol. The lowest BCUT2D eigenvalue weighted by atomic mass is 9.99. The molecule has 3 N–H and O–H groups in total. The summed E-state index contributed by atoms with van der Waals surface area (Å²) in [6.45, 7) is 9.54. The highest BCUT2D eigenvalue weighted by Gasteiger charge is 2.30. The van der Waals surface area contributed by atoms with Crippen LogP contribution in [-0.4, -0.2) is 96.7 Å². The highest BCUT2D eigenvalue weighted by Crippen LogP contribution is 2.45. The molecule has 3 unspecified atom stereocenters. The number of aliphatic hydroxyl groups excluding tert-OH is 1. The Morgan fingerprint density at radius 1 is 0.315 bits per heavy atom. The van der Waals surface area contributed by atoms with Crippen LogP contribution in [0.3, 0.4) is 0 Å². The van der Waals surface area contributed by atoms with Gasteiger partial charge in [-0.25, -0.2) is 9.13 Å². The highest BCUT2D eigenvalue weighted by atomic mass is 31.2. The first kappa shape index (κ1) is 90.1. The van der Waals surface area contributed by atoms with Crippen molar-refractivity contribution in [2.45, 2.75) is 394 Å². The van der Waals surface area contributed by atoms with E-state index in [1.807, 2.05) is 0 Å². The van der Waals surface area contributed by atoms with Gasteiger partial charge in [-0.15, -0.1) is 0 Å². The van der Waals surface area contributed by atoms with E-state index in [0.717, 1.165) is 108 Å². The molecule has 546 valence electrons. The fourth-order valence-electron chi connectivity index (χ4n) is 11.1. The Balaban J connectivity index is 5.15. The van der Waals surface area contributed by atoms with Crippen molar-refractivity contribution in [1.29, 1.82) is 0 Å². The van der Waals surface area contributed by atoms with Crippen molar-refractivity contribution in [3.8, 4) is 0 Å². The molecule has 0 fully saturated rings. The van der Waals surface area contributed by atoms with E-state index < -0.39 is 97.5 Å². The minimum absolute atomic E-state index is 0.106. The third-order valence-corrected chi connectivity index (χ3v) is 19.2. The van der Waals surface area contributed by atoms with Crippen LogP contribution in [0, 0.1) is 11.8 Å². The Kier molecular flexibility index (Phi) is 63.7. The molecule has 0 amide bonds. The lowest BCUT2D eigenvalue weighted by Gasteiger charge is -2.21. The molecule has 0 aromatic carbocycles. The average molecular weight is 1350 g/mol. The van der Waals surface area contributed by atoms with Crippen molar-refractivity contribution < 1.29 is 80.2 Å². The number of carbonyl (C=O) groups excluding carboxylic acids is 4. The van der Waals surface area contributed by atoms with Crippen LogP contribution in [0.25, 0.3) is 0 Å². The van der Waals surface area contributed by atoms with Gasteiger partial charge in [0.05, 0.1) is 26.4 Å². The molecule has 0 saturated carbocycles. The molecule has 0 radical (unpaired) electrons. The minimum Gasteiger partial charge on any atom is -0.462 e. The zero-order valence-corrected chi connectivity index (χ0v) is 61.6. The van der Waals surface area contributed by atoms with E-state index in [9.17, 15) is 43.2 Å². The number of phosphoric ester groups is 2. The molecule has 19 heteroatoms. The number of aliphatic hydroxyl groups is 1. The van der Waals surface area contributed by atoms with Crippen molar-refractivity contribution >= 4 is 39.5 Å². The van der Waals surface area contributed by atoms with Crippen LogP contribution in [0.2, 0.25) is 0 Å².